The number of pyridine rings is 1. The van der Waals surface area contributed by atoms with E-state index in [9.17, 15) is 4.79 Å². The zero-order valence-corrected chi connectivity index (χ0v) is 15.9. The lowest BCUT2D eigenvalue weighted by Gasteiger charge is -2.21. The van der Waals surface area contributed by atoms with E-state index in [1.54, 1.807) is 12.4 Å². The van der Waals surface area contributed by atoms with Gasteiger partial charge in [-0.15, -0.1) is 0 Å². The number of benzene rings is 2. The number of halogens is 1. The van der Waals surface area contributed by atoms with Crippen LogP contribution in [0.1, 0.15) is 22.7 Å². The molecular formula is C22H22ClN3O. The van der Waals surface area contributed by atoms with Crippen molar-refractivity contribution in [3.05, 3.63) is 94.8 Å². The Morgan fingerprint density at radius 3 is 2.52 bits per heavy atom. The van der Waals surface area contributed by atoms with Gasteiger partial charge in [0.1, 0.15) is 6.04 Å². The van der Waals surface area contributed by atoms with E-state index in [1.165, 1.54) is 0 Å². The second-order valence-corrected chi connectivity index (χ2v) is 6.78. The number of nitrogens with zero attached hydrogens (tertiary/aromatic N) is 1. The van der Waals surface area contributed by atoms with Crippen molar-refractivity contribution in [1.29, 1.82) is 0 Å². The first-order valence-electron chi connectivity index (χ1n) is 8.88. The molecule has 1 aromatic heterocycles. The fraction of sp³-hybridized carbons (Fsp3) is 0.182. The summed E-state index contributed by atoms with van der Waals surface area (Å²) in [5, 5.41) is 6.90. The Hall–Kier alpha value is -2.85. The molecule has 2 aromatic carbocycles. The highest BCUT2D eigenvalue weighted by Gasteiger charge is 2.21. The standard InChI is InChI=1S/C22H22ClN3O/c1-16-7-8-20(19(23)15-16)26-21(18-5-3-2-4-6-18)22(27)25-14-11-17-9-12-24-13-10-17/h2-10,12-13,15,21,26H,11,14H2,1H3,(H,25,27). The van der Waals surface area contributed by atoms with Gasteiger partial charge < -0.3 is 10.6 Å². The first-order chi connectivity index (χ1) is 13.1. The van der Waals surface area contributed by atoms with Gasteiger partial charge in [-0.25, -0.2) is 0 Å². The molecule has 5 heteroatoms. The maximum Gasteiger partial charge on any atom is 0.247 e. The van der Waals surface area contributed by atoms with Crippen molar-refractivity contribution in [2.45, 2.75) is 19.4 Å². The molecule has 2 N–H and O–H groups in total. The van der Waals surface area contributed by atoms with Crippen LogP contribution in [-0.2, 0) is 11.2 Å². The zero-order chi connectivity index (χ0) is 19.1. The van der Waals surface area contributed by atoms with Gasteiger partial charge in [-0.1, -0.05) is 48.0 Å². The summed E-state index contributed by atoms with van der Waals surface area (Å²) < 4.78 is 0. The molecule has 0 spiro atoms. The molecule has 27 heavy (non-hydrogen) atoms. The van der Waals surface area contributed by atoms with Crippen molar-refractivity contribution in [1.82, 2.24) is 10.3 Å². The molecule has 0 radical (unpaired) electrons. The van der Waals surface area contributed by atoms with Gasteiger partial charge in [0.05, 0.1) is 10.7 Å². The maximum atomic E-state index is 12.9. The van der Waals surface area contributed by atoms with Crippen molar-refractivity contribution in [2.75, 3.05) is 11.9 Å². The van der Waals surface area contributed by atoms with Gasteiger partial charge in [-0.05, 0) is 54.3 Å². The summed E-state index contributed by atoms with van der Waals surface area (Å²) in [6.07, 6.45) is 4.26. The average Bonchev–Trinajstić information content (AvgIpc) is 2.69. The lowest BCUT2D eigenvalue weighted by Crippen LogP contribution is -2.34. The van der Waals surface area contributed by atoms with E-state index >= 15 is 0 Å². The SMILES string of the molecule is Cc1ccc(NC(C(=O)NCCc2ccncc2)c2ccccc2)c(Cl)c1. The number of anilines is 1. The molecule has 138 valence electrons. The van der Waals surface area contributed by atoms with Crippen LogP contribution in [0, 0.1) is 6.92 Å². The molecule has 0 aliphatic carbocycles. The largest absolute Gasteiger partial charge is 0.369 e. The summed E-state index contributed by atoms with van der Waals surface area (Å²) >= 11 is 6.35. The molecule has 0 aliphatic heterocycles. The van der Waals surface area contributed by atoms with Crippen molar-refractivity contribution in [3.63, 3.8) is 0 Å². The number of aryl methyl sites for hydroxylation is 1. The van der Waals surface area contributed by atoms with Gasteiger partial charge in [0, 0.05) is 18.9 Å². The minimum atomic E-state index is -0.524. The van der Waals surface area contributed by atoms with Crippen LogP contribution in [0.25, 0.3) is 0 Å². The number of hydrogen-bond acceptors (Lipinski definition) is 3. The van der Waals surface area contributed by atoms with Crippen LogP contribution in [0.2, 0.25) is 5.02 Å². The maximum absolute atomic E-state index is 12.9. The summed E-state index contributed by atoms with van der Waals surface area (Å²) in [5.41, 5.74) is 3.83. The topological polar surface area (TPSA) is 54.0 Å². The molecule has 0 saturated carbocycles. The van der Waals surface area contributed by atoms with Gasteiger partial charge in [-0.2, -0.15) is 0 Å². The van der Waals surface area contributed by atoms with E-state index in [0.29, 0.717) is 11.6 Å². The van der Waals surface area contributed by atoms with E-state index in [-0.39, 0.29) is 5.91 Å². The summed E-state index contributed by atoms with van der Waals surface area (Å²) in [5.74, 6) is -0.0908. The molecule has 0 fully saturated rings. The van der Waals surface area contributed by atoms with E-state index in [4.69, 9.17) is 11.6 Å². The fourth-order valence-corrected chi connectivity index (χ4v) is 3.11. The first-order valence-corrected chi connectivity index (χ1v) is 9.25. The Morgan fingerprint density at radius 1 is 1.07 bits per heavy atom. The van der Waals surface area contributed by atoms with Crippen LogP contribution >= 0.6 is 11.6 Å². The Labute approximate surface area is 164 Å². The molecule has 1 atom stereocenters. The summed E-state index contributed by atoms with van der Waals surface area (Å²) in [7, 11) is 0. The third-order valence-electron chi connectivity index (χ3n) is 4.28. The monoisotopic (exact) mass is 379 g/mol. The normalized spacial score (nSPS) is 11.6. The predicted octanol–water partition coefficient (Wildman–Crippen LogP) is 4.56. The van der Waals surface area contributed by atoms with Crippen LogP contribution in [0.5, 0.6) is 0 Å². The number of aromatic nitrogens is 1. The van der Waals surface area contributed by atoms with Crippen LogP contribution < -0.4 is 10.6 Å². The van der Waals surface area contributed by atoms with Gasteiger partial charge in [-0.3, -0.25) is 9.78 Å². The number of amides is 1. The zero-order valence-electron chi connectivity index (χ0n) is 15.2. The molecule has 0 aliphatic rings. The highest BCUT2D eigenvalue weighted by molar-refractivity contribution is 6.33. The Balaban J connectivity index is 1.72. The molecule has 1 unspecified atom stereocenters. The second-order valence-electron chi connectivity index (χ2n) is 6.37. The van der Waals surface area contributed by atoms with E-state index in [0.717, 1.165) is 28.8 Å². The lowest BCUT2D eigenvalue weighted by atomic mass is 10.1. The van der Waals surface area contributed by atoms with Gasteiger partial charge in [0.2, 0.25) is 5.91 Å². The molecule has 0 saturated heterocycles. The van der Waals surface area contributed by atoms with Crippen molar-refractivity contribution < 1.29 is 4.79 Å². The highest BCUT2D eigenvalue weighted by Crippen LogP contribution is 2.27. The quantitative estimate of drug-likeness (QED) is 0.633. The number of carbonyl (C=O) groups is 1. The van der Waals surface area contributed by atoms with E-state index in [2.05, 4.69) is 15.6 Å². The number of nitrogens with one attached hydrogen (secondary N) is 2. The molecule has 0 bridgehead atoms. The molecule has 4 nitrogen and oxygen atoms in total. The van der Waals surface area contributed by atoms with Crippen LogP contribution in [0.3, 0.4) is 0 Å². The van der Waals surface area contributed by atoms with Crippen molar-refractivity contribution in [2.24, 2.45) is 0 Å². The van der Waals surface area contributed by atoms with Crippen LogP contribution in [-0.4, -0.2) is 17.4 Å². The molecule has 3 rings (SSSR count). The first kappa shape index (κ1) is 18.9. The van der Waals surface area contributed by atoms with Gasteiger partial charge in [0.25, 0.3) is 0 Å². The van der Waals surface area contributed by atoms with E-state index in [1.807, 2.05) is 67.6 Å². The van der Waals surface area contributed by atoms with Crippen LogP contribution in [0.15, 0.2) is 73.1 Å². The molecular weight excluding hydrogens is 358 g/mol. The van der Waals surface area contributed by atoms with Crippen LogP contribution in [0.4, 0.5) is 5.69 Å². The molecule has 1 amide bonds. The number of rotatable bonds is 7. The van der Waals surface area contributed by atoms with E-state index < -0.39 is 6.04 Å². The molecule has 1 heterocycles. The number of carbonyl (C=O) groups excluding carboxylic acids is 1. The van der Waals surface area contributed by atoms with Crippen molar-refractivity contribution >= 4 is 23.2 Å². The smallest absolute Gasteiger partial charge is 0.247 e. The van der Waals surface area contributed by atoms with Crippen molar-refractivity contribution in [3.8, 4) is 0 Å². The Bertz CT molecular complexity index is 885. The lowest BCUT2D eigenvalue weighted by molar-refractivity contribution is -0.121. The van der Waals surface area contributed by atoms with Gasteiger partial charge in [0.15, 0.2) is 0 Å². The van der Waals surface area contributed by atoms with Gasteiger partial charge >= 0.3 is 0 Å². The minimum Gasteiger partial charge on any atom is -0.369 e. The molecule has 3 aromatic rings. The third kappa shape index (κ3) is 5.31. The second kappa shape index (κ2) is 9.19. The summed E-state index contributed by atoms with van der Waals surface area (Å²) in [6.45, 7) is 2.53. The number of hydrogen-bond donors (Lipinski definition) is 2. The summed E-state index contributed by atoms with van der Waals surface area (Å²) in [4.78, 5) is 16.9. The Morgan fingerprint density at radius 2 is 1.81 bits per heavy atom. The Kier molecular flexibility index (Phi) is 6.44. The fourth-order valence-electron chi connectivity index (χ4n) is 2.82. The highest BCUT2D eigenvalue weighted by atomic mass is 35.5. The average molecular weight is 380 g/mol. The summed E-state index contributed by atoms with van der Waals surface area (Å²) in [6, 6.07) is 18.8. The predicted molar refractivity (Wildman–Crippen MR) is 110 cm³/mol. The third-order valence-corrected chi connectivity index (χ3v) is 4.59. The minimum absolute atomic E-state index is 0.0908.